The molecule has 106 valence electrons. The quantitative estimate of drug-likeness (QED) is 0.613. The number of thioether (sulfide) groups is 1. The Morgan fingerprint density at radius 2 is 1.95 bits per heavy atom. The van der Waals surface area contributed by atoms with Crippen molar-refractivity contribution in [2.75, 3.05) is 6.26 Å². The van der Waals surface area contributed by atoms with Crippen molar-refractivity contribution in [3.63, 3.8) is 0 Å². The third kappa shape index (κ3) is 3.20. The molecule has 0 N–H and O–H groups in total. The Morgan fingerprint density at radius 3 is 2.55 bits per heavy atom. The third-order valence-electron chi connectivity index (χ3n) is 3.39. The molecule has 0 unspecified atom stereocenters. The molecule has 0 heterocycles. The van der Waals surface area contributed by atoms with Crippen LogP contribution < -0.4 is 0 Å². The maximum absolute atomic E-state index is 12.6. The van der Waals surface area contributed by atoms with Gasteiger partial charge in [0.2, 0.25) is 0 Å². The van der Waals surface area contributed by atoms with Gasteiger partial charge in [-0.3, -0.25) is 14.4 Å². The molecule has 1 aliphatic rings. The van der Waals surface area contributed by atoms with Crippen molar-refractivity contribution in [3.05, 3.63) is 33.8 Å². The zero-order valence-corrected chi connectivity index (χ0v) is 13.6. The second kappa shape index (κ2) is 6.68. The number of hydrogen-bond donors (Lipinski definition) is 0. The standard InChI is InChI=1S/C15H15BrO3S/c1-20-8-9-7-10(16)5-6-11(9)15(19)14-12(17)3-2-4-13(14)18/h5-7,14H,2-4,8H2,1H3. The lowest BCUT2D eigenvalue weighted by atomic mass is 9.81. The van der Waals surface area contributed by atoms with Gasteiger partial charge in [0.15, 0.2) is 17.3 Å². The summed E-state index contributed by atoms with van der Waals surface area (Å²) in [4.78, 5) is 36.4. The molecule has 2 rings (SSSR count). The number of carbonyl (C=O) groups excluding carboxylic acids is 3. The van der Waals surface area contributed by atoms with Gasteiger partial charge in [0.25, 0.3) is 0 Å². The number of rotatable bonds is 4. The smallest absolute Gasteiger partial charge is 0.181 e. The fraction of sp³-hybridized carbons (Fsp3) is 0.400. The summed E-state index contributed by atoms with van der Waals surface area (Å²) < 4.78 is 0.888. The van der Waals surface area contributed by atoms with Gasteiger partial charge in [-0.1, -0.05) is 15.9 Å². The molecule has 0 aromatic heterocycles. The van der Waals surface area contributed by atoms with Crippen LogP contribution in [0.3, 0.4) is 0 Å². The molecular weight excluding hydrogens is 340 g/mol. The fourth-order valence-corrected chi connectivity index (χ4v) is 3.39. The van der Waals surface area contributed by atoms with Crippen molar-refractivity contribution in [2.24, 2.45) is 5.92 Å². The summed E-state index contributed by atoms with van der Waals surface area (Å²) in [5.74, 6) is -1.20. The summed E-state index contributed by atoms with van der Waals surface area (Å²) in [6.45, 7) is 0. The molecule has 1 aromatic carbocycles. The molecule has 3 nitrogen and oxygen atoms in total. The maximum atomic E-state index is 12.6. The van der Waals surface area contributed by atoms with E-state index < -0.39 is 5.92 Å². The van der Waals surface area contributed by atoms with Crippen molar-refractivity contribution < 1.29 is 14.4 Å². The Morgan fingerprint density at radius 1 is 1.30 bits per heavy atom. The van der Waals surface area contributed by atoms with Crippen LogP contribution in [-0.4, -0.2) is 23.6 Å². The first-order valence-corrected chi connectivity index (χ1v) is 8.60. The number of carbonyl (C=O) groups is 3. The molecule has 20 heavy (non-hydrogen) atoms. The SMILES string of the molecule is CSCc1cc(Br)ccc1C(=O)C1C(=O)CCCC1=O. The lowest BCUT2D eigenvalue weighted by Crippen LogP contribution is -2.35. The fourth-order valence-electron chi connectivity index (χ4n) is 2.43. The number of benzene rings is 1. The van der Waals surface area contributed by atoms with Gasteiger partial charge in [-0.15, -0.1) is 0 Å². The van der Waals surface area contributed by atoms with E-state index in [2.05, 4.69) is 15.9 Å². The molecule has 5 heteroatoms. The van der Waals surface area contributed by atoms with Crippen LogP contribution in [0, 0.1) is 5.92 Å². The largest absolute Gasteiger partial charge is 0.298 e. The van der Waals surface area contributed by atoms with Crippen LogP contribution in [0.1, 0.15) is 35.2 Å². The highest BCUT2D eigenvalue weighted by Gasteiger charge is 2.37. The molecule has 0 amide bonds. The minimum absolute atomic E-state index is 0.232. The Balaban J connectivity index is 2.37. The second-order valence-corrected chi connectivity index (χ2v) is 6.60. The highest BCUT2D eigenvalue weighted by Crippen LogP contribution is 2.26. The molecule has 0 atom stereocenters. The van der Waals surface area contributed by atoms with Crippen molar-refractivity contribution >= 4 is 45.0 Å². The van der Waals surface area contributed by atoms with Gasteiger partial charge < -0.3 is 0 Å². The van der Waals surface area contributed by atoms with Gasteiger partial charge in [0.05, 0.1) is 0 Å². The highest BCUT2D eigenvalue weighted by molar-refractivity contribution is 9.10. The summed E-state index contributed by atoms with van der Waals surface area (Å²) in [5, 5.41) is 0. The minimum Gasteiger partial charge on any atom is -0.298 e. The van der Waals surface area contributed by atoms with E-state index in [-0.39, 0.29) is 17.3 Å². The molecule has 0 bridgehead atoms. The van der Waals surface area contributed by atoms with Crippen molar-refractivity contribution in [1.82, 2.24) is 0 Å². The van der Waals surface area contributed by atoms with Crippen LogP contribution >= 0.6 is 27.7 Å². The molecule has 0 saturated heterocycles. The van der Waals surface area contributed by atoms with Crippen molar-refractivity contribution in [2.45, 2.75) is 25.0 Å². The lowest BCUT2D eigenvalue weighted by molar-refractivity contribution is -0.133. The van der Waals surface area contributed by atoms with Crippen LogP contribution in [0.15, 0.2) is 22.7 Å². The summed E-state index contributed by atoms with van der Waals surface area (Å²) in [5.41, 5.74) is 1.36. The molecular formula is C15H15BrO3S. The van der Waals surface area contributed by atoms with E-state index in [1.165, 1.54) is 0 Å². The molecule has 0 aliphatic heterocycles. The number of hydrogen-bond acceptors (Lipinski definition) is 4. The van der Waals surface area contributed by atoms with E-state index in [1.54, 1.807) is 23.9 Å². The zero-order chi connectivity index (χ0) is 14.7. The predicted octanol–water partition coefficient (Wildman–Crippen LogP) is 3.43. The maximum Gasteiger partial charge on any atom is 0.181 e. The average Bonchev–Trinajstić information content (AvgIpc) is 2.39. The van der Waals surface area contributed by atoms with E-state index in [0.717, 1.165) is 10.0 Å². The van der Waals surface area contributed by atoms with Crippen molar-refractivity contribution in [1.29, 1.82) is 0 Å². The highest BCUT2D eigenvalue weighted by atomic mass is 79.9. The van der Waals surface area contributed by atoms with E-state index in [1.807, 2.05) is 12.3 Å². The second-order valence-electron chi connectivity index (χ2n) is 4.82. The van der Waals surface area contributed by atoms with E-state index in [4.69, 9.17) is 0 Å². The van der Waals surface area contributed by atoms with Gasteiger partial charge in [-0.05, 0) is 36.4 Å². The first-order valence-electron chi connectivity index (χ1n) is 6.41. The Kier molecular flexibility index (Phi) is 5.16. The number of halogens is 1. The summed E-state index contributed by atoms with van der Waals surface area (Å²) in [6, 6.07) is 5.35. The van der Waals surface area contributed by atoms with Crippen LogP contribution in [0.25, 0.3) is 0 Å². The van der Waals surface area contributed by atoms with Gasteiger partial charge in [0, 0.05) is 28.6 Å². The van der Waals surface area contributed by atoms with Crippen LogP contribution in [-0.2, 0) is 15.3 Å². The molecule has 1 aromatic rings. The van der Waals surface area contributed by atoms with Gasteiger partial charge in [-0.25, -0.2) is 0 Å². The molecule has 1 aliphatic carbocycles. The normalized spacial score (nSPS) is 16.5. The van der Waals surface area contributed by atoms with Crippen LogP contribution in [0.2, 0.25) is 0 Å². The topological polar surface area (TPSA) is 51.2 Å². The predicted molar refractivity (Wildman–Crippen MR) is 83.0 cm³/mol. The summed E-state index contributed by atoms with van der Waals surface area (Å²) in [7, 11) is 0. The first-order chi connectivity index (χ1) is 9.54. The van der Waals surface area contributed by atoms with Gasteiger partial charge in [-0.2, -0.15) is 11.8 Å². The number of Topliss-reactive ketones (excluding diaryl/α,β-unsaturated/α-hetero) is 3. The monoisotopic (exact) mass is 354 g/mol. The van der Waals surface area contributed by atoms with Crippen LogP contribution in [0.4, 0.5) is 0 Å². The third-order valence-corrected chi connectivity index (χ3v) is 4.48. The summed E-state index contributed by atoms with van der Waals surface area (Å²) in [6.07, 6.45) is 3.18. The van der Waals surface area contributed by atoms with Crippen LogP contribution in [0.5, 0.6) is 0 Å². The molecule has 1 fully saturated rings. The van der Waals surface area contributed by atoms with Gasteiger partial charge in [0.1, 0.15) is 5.92 Å². The average molecular weight is 355 g/mol. The Labute approximate surface area is 130 Å². The lowest BCUT2D eigenvalue weighted by Gasteiger charge is -2.19. The molecule has 1 saturated carbocycles. The van der Waals surface area contributed by atoms with E-state index >= 15 is 0 Å². The van der Waals surface area contributed by atoms with Gasteiger partial charge >= 0.3 is 0 Å². The number of ketones is 3. The minimum atomic E-state index is -1.08. The zero-order valence-electron chi connectivity index (χ0n) is 11.1. The molecule has 0 radical (unpaired) electrons. The van der Waals surface area contributed by atoms with E-state index in [9.17, 15) is 14.4 Å². The van der Waals surface area contributed by atoms with E-state index in [0.29, 0.717) is 30.6 Å². The van der Waals surface area contributed by atoms with Crippen molar-refractivity contribution in [3.8, 4) is 0 Å². The summed E-state index contributed by atoms with van der Waals surface area (Å²) >= 11 is 4.98. The Bertz CT molecular complexity index is 552. The molecule has 0 spiro atoms. The Hall–Kier alpha value is -0.940. The first kappa shape index (κ1) is 15.4.